The Morgan fingerprint density at radius 2 is 2.21 bits per heavy atom. The molecule has 1 saturated heterocycles. The molecule has 0 radical (unpaired) electrons. The second kappa shape index (κ2) is 10.5. The lowest BCUT2D eigenvalue weighted by Gasteiger charge is -2.12. The second-order valence-corrected chi connectivity index (χ2v) is 6.95. The quantitative estimate of drug-likeness (QED) is 0.358. The number of aromatic nitrogens is 2. The van der Waals surface area contributed by atoms with E-state index in [9.17, 15) is 5.26 Å². The number of nitrogens with zero attached hydrogens (tertiary/aromatic N) is 4. The third-order valence-electron chi connectivity index (χ3n) is 4.81. The van der Waals surface area contributed by atoms with E-state index in [2.05, 4.69) is 26.8 Å². The van der Waals surface area contributed by atoms with Gasteiger partial charge >= 0.3 is 0 Å². The zero-order valence-electron chi connectivity index (χ0n) is 16.9. The summed E-state index contributed by atoms with van der Waals surface area (Å²) in [5.74, 6) is 1.17. The van der Waals surface area contributed by atoms with E-state index in [1.807, 2.05) is 37.3 Å². The van der Waals surface area contributed by atoms with Gasteiger partial charge in [-0.25, -0.2) is 4.68 Å². The smallest absolute Gasteiger partial charge is 0.191 e. The highest BCUT2D eigenvalue weighted by Crippen LogP contribution is 2.21. The minimum Gasteiger partial charge on any atom is -0.382 e. The predicted octanol–water partition coefficient (Wildman–Crippen LogP) is 1.99. The Morgan fingerprint density at radius 3 is 2.90 bits per heavy atom. The first-order valence-electron chi connectivity index (χ1n) is 10.2. The van der Waals surface area contributed by atoms with Crippen LogP contribution in [0.3, 0.4) is 0 Å². The third kappa shape index (κ3) is 5.48. The number of guanidine groups is 1. The molecule has 1 unspecified atom stereocenters. The van der Waals surface area contributed by atoms with Crippen molar-refractivity contribution in [3.05, 3.63) is 41.6 Å². The molecule has 1 aromatic heterocycles. The number of para-hydroxylation sites is 1. The van der Waals surface area contributed by atoms with Crippen molar-refractivity contribution in [2.45, 2.75) is 38.7 Å². The fraction of sp³-hybridized carbons (Fsp3) is 0.476. The van der Waals surface area contributed by atoms with E-state index in [1.54, 1.807) is 4.68 Å². The highest BCUT2D eigenvalue weighted by Gasteiger charge is 2.17. The van der Waals surface area contributed by atoms with Gasteiger partial charge in [0.1, 0.15) is 17.5 Å². The number of aliphatic imine (C=N–C) groups is 1. The number of nitriles is 1. The molecule has 2 aromatic rings. The van der Waals surface area contributed by atoms with Crippen LogP contribution >= 0.6 is 0 Å². The van der Waals surface area contributed by atoms with Crippen LogP contribution in [0.15, 0.2) is 35.3 Å². The maximum Gasteiger partial charge on any atom is 0.191 e. The van der Waals surface area contributed by atoms with Gasteiger partial charge in [0.25, 0.3) is 0 Å². The van der Waals surface area contributed by atoms with E-state index in [-0.39, 0.29) is 6.10 Å². The van der Waals surface area contributed by atoms with Crippen molar-refractivity contribution in [1.29, 1.82) is 5.26 Å². The largest absolute Gasteiger partial charge is 0.382 e. The first-order valence-corrected chi connectivity index (χ1v) is 10.2. The summed E-state index contributed by atoms with van der Waals surface area (Å²) in [4.78, 5) is 4.61. The van der Waals surface area contributed by atoms with Gasteiger partial charge in [-0.3, -0.25) is 4.99 Å². The van der Waals surface area contributed by atoms with Crippen molar-refractivity contribution < 1.29 is 4.74 Å². The number of aryl methyl sites for hydroxylation is 1. The number of rotatable bonds is 8. The predicted molar refractivity (Wildman–Crippen MR) is 114 cm³/mol. The summed E-state index contributed by atoms with van der Waals surface area (Å²) in [6.45, 7) is 5.08. The number of ether oxygens (including phenoxy) is 1. The van der Waals surface area contributed by atoms with Gasteiger partial charge in [-0.1, -0.05) is 18.2 Å². The molecule has 3 rings (SSSR count). The molecule has 0 saturated carbocycles. The number of hydrogen-bond acceptors (Lipinski definition) is 5. The van der Waals surface area contributed by atoms with Gasteiger partial charge in [0.15, 0.2) is 5.96 Å². The summed E-state index contributed by atoms with van der Waals surface area (Å²) in [5, 5.41) is 20.7. The average Bonchev–Trinajstić information content (AvgIpc) is 3.37. The Hall–Kier alpha value is -3.05. The van der Waals surface area contributed by atoms with Crippen LogP contribution in [0.1, 0.15) is 37.4 Å². The molecule has 8 heteroatoms. The van der Waals surface area contributed by atoms with E-state index >= 15 is 0 Å². The number of nitrogens with two attached hydrogens (primary N) is 1. The van der Waals surface area contributed by atoms with Crippen molar-refractivity contribution in [2.24, 2.45) is 4.99 Å². The van der Waals surface area contributed by atoms with Crippen LogP contribution < -0.4 is 16.4 Å². The number of hydrogen-bond donors (Lipinski definition) is 3. The van der Waals surface area contributed by atoms with Crippen molar-refractivity contribution in [1.82, 2.24) is 20.4 Å². The molecule has 0 bridgehead atoms. The van der Waals surface area contributed by atoms with Crippen LogP contribution in [0, 0.1) is 11.3 Å². The van der Waals surface area contributed by atoms with Gasteiger partial charge in [-0.05, 0) is 44.7 Å². The molecular weight excluding hydrogens is 366 g/mol. The maximum absolute atomic E-state index is 9.51. The summed E-state index contributed by atoms with van der Waals surface area (Å²) in [5.41, 5.74) is 8.18. The maximum atomic E-state index is 9.51. The molecule has 29 heavy (non-hydrogen) atoms. The number of nitrogens with one attached hydrogen (secondary N) is 2. The molecule has 0 spiro atoms. The Bertz CT molecular complexity index is 848. The summed E-state index contributed by atoms with van der Waals surface area (Å²) >= 11 is 0. The zero-order chi connectivity index (χ0) is 20.5. The van der Waals surface area contributed by atoms with Gasteiger partial charge in [-0.2, -0.15) is 10.4 Å². The highest BCUT2D eigenvalue weighted by atomic mass is 16.5. The van der Waals surface area contributed by atoms with E-state index in [0.29, 0.717) is 24.3 Å². The van der Waals surface area contributed by atoms with Crippen molar-refractivity contribution in [3.8, 4) is 11.8 Å². The van der Waals surface area contributed by atoms with E-state index in [0.717, 1.165) is 56.3 Å². The standard InChI is InChI=1S/C21H29N7O/c1-2-24-21(26-15-17-10-7-13-29-17)25-12-6-11-19-18(14-22)20(23)28(27-19)16-8-4-3-5-9-16/h3-5,8-9,17H,2,6-7,10-13,15,23H2,1H3,(H2,24,25,26). The number of benzene rings is 1. The minimum atomic E-state index is 0.230. The van der Waals surface area contributed by atoms with Gasteiger partial charge < -0.3 is 21.1 Å². The third-order valence-corrected chi connectivity index (χ3v) is 4.81. The molecule has 0 amide bonds. The molecule has 1 fully saturated rings. The van der Waals surface area contributed by atoms with Crippen molar-refractivity contribution >= 4 is 11.8 Å². The first kappa shape index (κ1) is 20.7. The SMILES string of the molecule is CCNC(=NCC1CCCO1)NCCCc1nn(-c2ccccc2)c(N)c1C#N. The highest BCUT2D eigenvalue weighted by molar-refractivity contribution is 5.79. The topological polar surface area (TPSA) is 113 Å². The Morgan fingerprint density at radius 1 is 1.38 bits per heavy atom. The lowest BCUT2D eigenvalue weighted by molar-refractivity contribution is 0.117. The summed E-state index contributed by atoms with van der Waals surface area (Å²) < 4.78 is 7.26. The van der Waals surface area contributed by atoms with Crippen molar-refractivity contribution in [2.75, 3.05) is 32.0 Å². The molecular formula is C21H29N7O. The van der Waals surface area contributed by atoms with Gasteiger partial charge in [0.2, 0.25) is 0 Å². The van der Waals surface area contributed by atoms with Crippen LogP contribution in [0.5, 0.6) is 0 Å². The second-order valence-electron chi connectivity index (χ2n) is 6.95. The van der Waals surface area contributed by atoms with Crippen LogP contribution in [-0.2, 0) is 11.2 Å². The van der Waals surface area contributed by atoms with Crippen molar-refractivity contribution in [3.63, 3.8) is 0 Å². The van der Waals surface area contributed by atoms with E-state index in [4.69, 9.17) is 10.5 Å². The lowest BCUT2D eigenvalue weighted by atomic mass is 10.1. The summed E-state index contributed by atoms with van der Waals surface area (Å²) in [6.07, 6.45) is 3.89. The number of anilines is 1. The lowest BCUT2D eigenvalue weighted by Crippen LogP contribution is -2.38. The van der Waals surface area contributed by atoms with Crippen LogP contribution in [0.25, 0.3) is 5.69 Å². The monoisotopic (exact) mass is 395 g/mol. The fourth-order valence-corrected chi connectivity index (χ4v) is 3.33. The van der Waals surface area contributed by atoms with Crippen LogP contribution in [-0.4, -0.2) is 48.1 Å². The minimum absolute atomic E-state index is 0.230. The molecule has 1 aliphatic rings. The van der Waals surface area contributed by atoms with E-state index in [1.165, 1.54) is 0 Å². The molecule has 1 atom stereocenters. The zero-order valence-corrected chi connectivity index (χ0v) is 16.9. The fourth-order valence-electron chi connectivity index (χ4n) is 3.33. The molecule has 8 nitrogen and oxygen atoms in total. The molecule has 1 aliphatic heterocycles. The average molecular weight is 396 g/mol. The Balaban J connectivity index is 1.56. The molecule has 1 aromatic carbocycles. The van der Waals surface area contributed by atoms with Crippen LogP contribution in [0.4, 0.5) is 5.82 Å². The molecule has 0 aliphatic carbocycles. The van der Waals surface area contributed by atoms with Crippen LogP contribution in [0.2, 0.25) is 0 Å². The summed E-state index contributed by atoms with van der Waals surface area (Å²) in [7, 11) is 0. The molecule has 154 valence electrons. The van der Waals surface area contributed by atoms with Gasteiger partial charge in [-0.15, -0.1) is 0 Å². The molecule has 4 N–H and O–H groups in total. The summed E-state index contributed by atoms with van der Waals surface area (Å²) in [6, 6.07) is 11.8. The van der Waals surface area contributed by atoms with E-state index < -0.39 is 0 Å². The van der Waals surface area contributed by atoms with Gasteiger partial charge in [0.05, 0.1) is 24.0 Å². The normalized spacial score (nSPS) is 16.6. The number of nitrogen functional groups attached to an aromatic ring is 1. The molecule has 2 heterocycles. The first-order chi connectivity index (χ1) is 14.2. The van der Waals surface area contributed by atoms with Gasteiger partial charge in [0, 0.05) is 19.7 Å². The Kier molecular flexibility index (Phi) is 7.47. The Labute approximate surface area is 171 Å².